The highest BCUT2D eigenvalue weighted by Gasteiger charge is 2.35. The number of amides is 1. The third-order valence-electron chi connectivity index (χ3n) is 7.32. The number of benzene rings is 4. The first-order valence-corrected chi connectivity index (χ1v) is 13.9. The fourth-order valence-corrected chi connectivity index (χ4v) is 5.21. The Balaban J connectivity index is 1.53. The van der Waals surface area contributed by atoms with Gasteiger partial charge >= 0.3 is 11.9 Å². The summed E-state index contributed by atoms with van der Waals surface area (Å²) in [5.74, 6) is -4.92. The number of carboxylic acids is 1. The van der Waals surface area contributed by atoms with Crippen LogP contribution < -0.4 is 10.5 Å². The molecule has 9 nitrogen and oxygen atoms in total. The van der Waals surface area contributed by atoms with Crippen LogP contribution in [-0.4, -0.2) is 39.4 Å². The number of nitrogens with two attached hydrogens (primary N) is 1. The average Bonchev–Trinajstić information content (AvgIpc) is 3.31. The highest BCUT2D eigenvalue weighted by Crippen LogP contribution is 2.35. The number of carbonyl (C=O) groups excluding carboxylic acids is 3. The summed E-state index contributed by atoms with van der Waals surface area (Å²) >= 11 is 0. The van der Waals surface area contributed by atoms with Gasteiger partial charge in [0.05, 0.1) is 16.5 Å². The van der Waals surface area contributed by atoms with Crippen LogP contribution >= 0.6 is 0 Å². The van der Waals surface area contributed by atoms with Crippen molar-refractivity contribution in [2.24, 2.45) is 5.73 Å². The van der Waals surface area contributed by atoms with E-state index in [0.717, 1.165) is 11.1 Å². The SMILES string of the molecule is Cc1c(C(=O)C(N)=O)c2c(OC(C(=O)O)C(=O)OC(Cc3ccccc3)c3ccccc3)cccc2n1Cc1ccccc1. The molecule has 0 bridgehead atoms. The molecule has 1 aromatic heterocycles. The predicted octanol–water partition coefficient (Wildman–Crippen LogP) is 5.03. The Morgan fingerprint density at radius 2 is 1.39 bits per heavy atom. The maximum absolute atomic E-state index is 13.5. The Kier molecular flexibility index (Phi) is 8.85. The first-order valence-electron chi connectivity index (χ1n) is 13.9. The van der Waals surface area contributed by atoms with Gasteiger partial charge in [-0.05, 0) is 35.7 Å². The standard InChI is InChI=1S/C35H30N2O7/c1-22-29(31(38)33(36)39)30-26(37(22)21-24-14-7-3-8-15-24)18-11-19-27(30)43-32(34(40)41)35(42)44-28(25-16-9-4-10-17-25)20-23-12-5-2-6-13-23/h2-19,28,32H,20-21H2,1H3,(H2,36,39)(H,40,41). The molecule has 0 aliphatic heterocycles. The smallest absolute Gasteiger partial charge is 0.359 e. The molecule has 0 aliphatic rings. The van der Waals surface area contributed by atoms with Crippen LogP contribution in [0.5, 0.6) is 5.75 Å². The number of primary amides is 1. The van der Waals surface area contributed by atoms with Gasteiger partial charge in [-0.25, -0.2) is 9.59 Å². The molecule has 0 spiro atoms. The number of ether oxygens (including phenoxy) is 2. The molecule has 0 aliphatic carbocycles. The molecule has 2 unspecified atom stereocenters. The van der Waals surface area contributed by atoms with E-state index in [1.165, 1.54) is 6.07 Å². The third-order valence-corrected chi connectivity index (χ3v) is 7.32. The first-order chi connectivity index (χ1) is 21.2. The van der Waals surface area contributed by atoms with Crippen molar-refractivity contribution in [1.29, 1.82) is 0 Å². The number of ketones is 1. The molecule has 2 atom stereocenters. The van der Waals surface area contributed by atoms with Crippen molar-refractivity contribution in [3.8, 4) is 5.75 Å². The molecule has 1 heterocycles. The van der Waals surface area contributed by atoms with Gasteiger partial charge in [0, 0.05) is 18.7 Å². The van der Waals surface area contributed by atoms with E-state index in [1.54, 1.807) is 43.3 Å². The van der Waals surface area contributed by atoms with Crippen molar-refractivity contribution in [3.05, 3.63) is 137 Å². The lowest BCUT2D eigenvalue weighted by Crippen LogP contribution is -2.38. The van der Waals surface area contributed by atoms with Gasteiger partial charge in [-0.15, -0.1) is 0 Å². The first kappa shape index (κ1) is 29.8. The Morgan fingerprint density at radius 1 is 0.795 bits per heavy atom. The number of aliphatic carboxylic acids is 1. The maximum Gasteiger partial charge on any atom is 0.359 e. The molecule has 3 N–H and O–H groups in total. The fourth-order valence-electron chi connectivity index (χ4n) is 5.21. The van der Waals surface area contributed by atoms with Crippen LogP contribution in [0.4, 0.5) is 0 Å². The predicted molar refractivity (Wildman–Crippen MR) is 163 cm³/mol. The van der Waals surface area contributed by atoms with Gasteiger partial charge in [-0.2, -0.15) is 0 Å². The van der Waals surface area contributed by atoms with E-state index in [4.69, 9.17) is 15.2 Å². The van der Waals surface area contributed by atoms with Crippen molar-refractivity contribution in [3.63, 3.8) is 0 Å². The van der Waals surface area contributed by atoms with Gasteiger partial charge < -0.3 is 24.9 Å². The van der Waals surface area contributed by atoms with E-state index in [2.05, 4.69) is 0 Å². The minimum absolute atomic E-state index is 0.0252. The van der Waals surface area contributed by atoms with Gasteiger partial charge in [0.1, 0.15) is 11.9 Å². The molecule has 0 saturated heterocycles. The van der Waals surface area contributed by atoms with Crippen LogP contribution in [-0.2, 0) is 32.1 Å². The van der Waals surface area contributed by atoms with Gasteiger partial charge in [-0.3, -0.25) is 9.59 Å². The topological polar surface area (TPSA) is 138 Å². The number of esters is 1. The fraction of sp³-hybridized carbons (Fsp3) is 0.143. The van der Waals surface area contributed by atoms with E-state index in [0.29, 0.717) is 29.7 Å². The minimum atomic E-state index is -2.07. The largest absolute Gasteiger partial charge is 0.478 e. The van der Waals surface area contributed by atoms with Gasteiger partial charge in [0.2, 0.25) is 0 Å². The van der Waals surface area contributed by atoms with E-state index in [1.807, 2.05) is 71.3 Å². The van der Waals surface area contributed by atoms with Crippen LogP contribution in [0.25, 0.3) is 10.9 Å². The summed E-state index contributed by atoms with van der Waals surface area (Å²) in [6.07, 6.45) is -2.57. The Labute approximate surface area is 253 Å². The quantitative estimate of drug-likeness (QED) is 0.0900. The van der Waals surface area contributed by atoms with Crippen LogP contribution in [0, 0.1) is 6.92 Å². The van der Waals surface area contributed by atoms with Crippen LogP contribution in [0.1, 0.15) is 38.8 Å². The Hall–Kier alpha value is -5.70. The molecule has 44 heavy (non-hydrogen) atoms. The zero-order valence-corrected chi connectivity index (χ0v) is 23.9. The molecule has 4 aromatic carbocycles. The van der Waals surface area contributed by atoms with Crippen LogP contribution in [0.15, 0.2) is 109 Å². The molecule has 5 aromatic rings. The monoisotopic (exact) mass is 590 g/mol. The molecule has 5 rings (SSSR count). The number of nitrogens with zero attached hydrogens (tertiary/aromatic N) is 1. The number of carbonyl (C=O) groups is 4. The number of hydrogen-bond acceptors (Lipinski definition) is 6. The lowest BCUT2D eigenvalue weighted by molar-refractivity contribution is -0.167. The van der Waals surface area contributed by atoms with Gasteiger partial charge in [0.15, 0.2) is 0 Å². The molecular formula is C35H30N2O7. The van der Waals surface area contributed by atoms with E-state index in [-0.39, 0.29) is 16.7 Å². The molecule has 222 valence electrons. The number of hydrogen-bond donors (Lipinski definition) is 2. The zero-order valence-electron chi connectivity index (χ0n) is 23.9. The second-order valence-corrected chi connectivity index (χ2v) is 10.2. The molecule has 0 saturated carbocycles. The highest BCUT2D eigenvalue weighted by atomic mass is 16.6. The summed E-state index contributed by atoms with van der Waals surface area (Å²) in [5.41, 5.74) is 8.80. The Morgan fingerprint density at radius 3 is 1.98 bits per heavy atom. The minimum Gasteiger partial charge on any atom is -0.478 e. The number of aromatic nitrogens is 1. The molecule has 9 heteroatoms. The number of Topliss-reactive ketones (excluding diaryl/α,β-unsaturated/α-hetero) is 1. The summed E-state index contributed by atoms with van der Waals surface area (Å²) in [6.45, 7) is 2.02. The number of carboxylic acid groups (broad SMARTS) is 1. The molecular weight excluding hydrogens is 560 g/mol. The molecule has 1 amide bonds. The number of fused-ring (bicyclic) bond motifs is 1. The van der Waals surface area contributed by atoms with E-state index >= 15 is 0 Å². The average molecular weight is 591 g/mol. The van der Waals surface area contributed by atoms with E-state index in [9.17, 15) is 24.3 Å². The van der Waals surface area contributed by atoms with Gasteiger partial charge in [-0.1, -0.05) is 97.1 Å². The summed E-state index contributed by atoms with van der Waals surface area (Å²) in [5, 5.41) is 10.3. The second-order valence-electron chi connectivity index (χ2n) is 10.2. The van der Waals surface area contributed by atoms with Gasteiger partial charge in [0.25, 0.3) is 17.8 Å². The second kappa shape index (κ2) is 13.1. The van der Waals surface area contributed by atoms with Crippen molar-refractivity contribution >= 4 is 34.5 Å². The summed E-state index contributed by atoms with van der Waals surface area (Å²) in [6, 6.07) is 32.6. The normalized spacial score (nSPS) is 12.3. The zero-order chi connectivity index (χ0) is 31.2. The van der Waals surface area contributed by atoms with Crippen molar-refractivity contribution in [2.75, 3.05) is 0 Å². The molecule has 0 fully saturated rings. The lowest BCUT2D eigenvalue weighted by atomic mass is 10.0. The van der Waals surface area contributed by atoms with Crippen molar-refractivity contribution in [1.82, 2.24) is 4.57 Å². The van der Waals surface area contributed by atoms with Crippen molar-refractivity contribution in [2.45, 2.75) is 32.1 Å². The highest BCUT2D eigenvalue weighted by molar-refractivity contribution is 6.45. The maximum atomic E-state index is 13.5. The van der Waals surface area contributed by atoms with Crippen LogP contribution in [0.2, 0.25) is 0 Å². The summed E-state index contributed by atoms with van der Waals surface area (Å²) in [4.78, 5) is 51.0. The summed E-state index contributed by atoms with van der Waals surface area (Å²) in [7, 11) is 0. The lowest BCUT2D eigenvalue weighted by Gasteiger charge is -2.22. The molecule has 0 radical (unpaired) electrons. The van der Waals surface area contributed by atoms with E-state index < -0.39 is 35.8 Å². The van der Waals surface area contributed by atoms with Crippen molar-refractivity contribution < 1.29 is 33.8 Å². The van der Waals surface area contributed by atoms with Crippen LogP contribution in [0.3, 0.4) is 0 Å². The Bertz CT molecular complexity index is 1820. The third kappa shape index (κ3) is 6.37. The number of rotatable bonds is 12. The summed E-state index contributed by atoms with van der Waals surface area (Å²) < 4.78 is 13.4.